The number of anilines is 1. The van der Waals surface area contributed by atoms with Gasteiger partial charge in [-0.25, -0.2) is 9.97 Å². The molecule has 0 amide bonds. The molecule has 5 rings (SSSR count). The molecule has 3 fully saturated rings. The van der Waals surface area contributed by atoms with Crippen molar-refractivity contribution >= 4 is 33.0 Å². The molecular formula is C13H16BrN5. The molecule has 2 aromatic rings. The van der Waals surface area contributed by atoms with E-state index in [0.717, 1.165) is 28.1 Å². The SMILES string of the molecule is Nc1nc2cc(Br)cnc2n1C1CN2CCC1CC2. The number of nitrogens with two attached hydrogens (primary N) is 1. The van der Waals surface area contributed by atoms with Gasteiger partial charge in [-0.3, -0.25) is 4.57 Å². The van der Waals surface area contributed by atoms with E-state index in [0.29, 0.717) is 12.0 Å². The highest BCUT2D eigenvalue weighted by Crippen LogP contribution is 2.38. The third-order valence-corrected chi connectivity index (χ3v) is 4.91. The van der Waals surface area contributed by atoms with Crippen LogP contribution in [0.1, 0.15) is 18.9 Å². The van der Waals surface area contributed by atoms with Gasteiger partial charge in [0.2, 0.25) is 5.95 Å². The number of piperidine rings is 3. The fourth-order valence-electron chi connectivity index (χ4n) is 3.53. The van der Waals surface area contributed by atoms with E-state index in [1.807, 2.05) is 12.3 Å². The van der Waals surface area contributed by atoms with Gasteiger partial charge in [-0.1, -0.05) is 0 Å². The molecule has 0 aromatic carbocycles. The maximum absolute atomic E-state index is 6.14. The number of imidazole rings is 1. The van der Waals surface area contributed by atoms with Gasteiger partial charge in [-0.05, 0) is 53.8 Å². The van der Waals surface area contributed by atoms with Gasteiger partial charge < -0.3 is 10.6 Å². The molecule has 5 nitrogen and oxygen atoms in total. The van der Waals surface area contributed by atoms with E-state index in [1.165, 1.54) is 25.9 Å². The maximum atomic E-state index is 6.14. The molecule has 1 atom stereocenters. The lowest BCUT2D eigenvalue weighted by Crippen LogP contribution is -2.48. The van der Waals surface area contributed by atoms with Gasteiger partial charge in [0.05, 0.1) is 6.04 Å². The van der Waals surface area contributed by atoms with E-state index in [4.69, 9.17) is 5.73 Å². The Morgan fingerprint density at radius 2 is 2.11 bits per heavy atom. The molecule has 2 aromatic heterocycles. The first-order valence-corrected chi connectivity index (χ1v) is 7.53. The third kappa shape index (κ3) is 1.77. The molecule has 100 valence electrons. The van der Waals surface area contributed by atoms with Crippen LogP contribution in [0.5, 0.6) is 0 Å². The van der Waals surface area contributed by atoms with Crippen LogP contribution in [0.2, 0.25) is 0 Å². The van der Waals surface area contributed by atoms with Crippen molar-refractivity contribution in [2.45, 2.75) is 18.9 Å². The fourth-order valence-corrected chi connectivity index (χ4v) is 3.85. The number of rotatable bonds is 1. The van der Waals surface area contributed by atoms with E-state index >= 15 is 0 Å². The molecule has 19 heavy (non-hydrogen) atoms. The summed E-state index contributed by atoms with van der Waals surface area (Å²) in [6.07, 6.45) is 4.35. The second-order valence-electron chi connectivity index (χ2n) is 5.54. The predicted octanol–water partition coefficient (Wildman–Crippen LogP) is 2.04. The minimum atomic E-state index is 0.432. The Labute approximate surface area is 119 Å². The van der Waals surface area contributed by atoms with E-state index in [9.17, 15) is 0 Å². The quantitative estimate of drug-likeness (QED) is 0.873. The summed E-state index contributed by atoms with van der Waals surface area (Å²) in [4.78, 5) is 11.5. The van der Waals surface area contributed by atoms with Crippen molar-refractivity contribution in [3.05, 3.63) is 16.7 Å². The number of nitrogen functional groups attached to an aromatic ring is 1. The van der Waals surface area contributed by atoms with Gasteiger partial charge in [0, 0.05) is 17.2 Å². The normalized spacial score (nSPS) is 30.1. The monoisotopic (exact) mass is 321 g/mol. The van der Waals surface area contributed by atoms with Gasteiger partial charge in [0.1, 0.15) is 5.52 Å². The van der Waals surface area contributed by atoms with Crippen molar-refractivity contribution in [1.82, 2.24) is 19.4 Å². The van der Waals surface area contributed by atoms with E-state index in [-0.39, 0.29) is 0 Å². The first-order valence-electron chi connectivity index (χ1n) is 6.73. The van der Waals surface area contributed by atoms with Crippen molar-refractivity contribution in [3.8, 4) is 0 Å². The zero-order valence-electron chi connectivity index (χ0n) is 10.6. The lowest BCUT2D eigenvalue weighted by atomic mass is 9.84. The van der Waals surface area contributed by atoms with Gasteiger partial charge in [0.15, 0.2) is 5.65 Å². The third-order valence-electron chi connectivity index (χ3n) is 4.48. The van der Waals surface area contributed by atoms with Crippen LogP contribution in [0.3, 0.4) is 0 Å². The summed E-state index contributed by atoms with van der Waals surface area (Å²) in [5, 5.41) is 0. The number of fused-ring (bicyclic) bond motifs is 4. The average Bonchev–Trinajstić information content (AvgIpc) is 2.75. The minimum Gasteiger partial charge on any atom is -0.369 e. The molecule has 5 heterocycles. The second kappa shape index (κ2) is 4.18. The van der Waals surface area contributed by atoms with Crippen LogP contribution in [-0.4, -0.2) is 39.1 Å². The van der Waals surface area contributed by atoms with Crippen molar-refractivity contribution in [3.63, 3.8) is 0 Å². The van der Waals surface area contributed by atoms with E-state index in [1.54, 1.807) is 0 Å². The number of pyridine rings is 1. The summed E-state index contributed by atoms with van der Waals surface area (Å²) in [6.45, 7) is 3.54. The molecule has 0 spiro atoms. The first kappa shape index (κ1) is 11.7. The maximum Gasteiger partial charge on any atom is 0.202 e. The molecule has 3 aliphatic heterocycles. The molecular weight excluding hydrogens is 306 g/mol. The number of hydrogen-bond acceptors (Lipinski definition) is 4. The van der Waals surface area contributed by atoms with Crippen LogP contribution < -0.4 is 5.73 Å². The highest BCUT2D eigenvalue weighted by atomic mass is 79.9. The molecule has 2 bridgehead atoms. The highest BCUT2D eigenvalue weighted by molar-refractivity contribution is 9.10. The van der Waals surface area contributed by atoms with Gasteiger partial charge in [-0.15, -0.1) is 0 Å². The molecule has 1 unspecified atom stereocenters. The molecule has 2 N–H and O–H groups in total. The average molecular weight is 322 g/mol. The van der Waals surface area contributed by atoms with Crippen LogP contribution in [0.4, 0.5) is 5.95 Å². The predicted molar refractivity (Wildman–Crippen MR) is 77.8 cm³/mol. The molecule has 3 saturated heterocycles. The Kier molecular flexibility index (Phi) is 2.57. The van der Waals surface area contributed by atoms with Crippen molar-refractivity contribution in [2.24, 2.45) is 5.92 Å². The van der Waals surface area contributed by atoms with Crippen LogP contribution in [0, 0.1) is 5.92 Å². The molecule has 0 aliphatic carbocycles. The number of halogens is 1. The standard InChI is InChI=1S/C13H16BrN5/c14-9-5-10-12(16-6-9)19(13(15)17-10)11-7-18-3-1-8(11)2-4-18/h5-6,8,11H,1-4,7H2,(H2,15,17). The molecule has 3 aliphatic rings. The Bertz CT molecular complexity index is 629. The number of hydrogen-bond donors (Lipinski definition) is 1. The molecule has 0 radical (unpaired) electrons. The van der Waals surface area contributed by atoms with Crippen LogP contribution >= 0.6 is 15.9 Å². The Morgan fingerprint density at radius 1 is 1.32 bits per heavy atom. The number of nitrogens with zero attached hydrogens (tertiary/aromatic N) is 4. The van der Waals surface area contributed by atoms with Crippen LogP contribution in [0.15, 0.2) is 16.7 Å². The summed E-state index contributed by atoms with van der Waals surface area (Å²) in [5.74, 6) is 1.31. The Balaban J connectivity index is 1.84. The Hall–Kier alpha value is -1.14. The van der Waals surface area contributed by atoms with Gasteiger partial charge in [-0.2, -0.15) is 0 Å². The van der Waals surface area contributed by atoms with Crippen LogP contribution in [0.25, 0.3) is 11.2 Å². The first-order chi connectivity index (χ1) is 9.22. The van der Waals surface area contributed by atoms with Crippen molar-refractivity contribution in [1.29, 1.82) is 0 Å². The smallest absolute Gasteiger partial charge is 0.202 e. The summed E-state index contributed by atoms with van der Waals surface area (Å²) >= 11 is 3.43. The van der Waals surface area contributed by atoms with Gasteiger partial charge >= 0.3 is 0 Å². The zero-order valence-corrected chi connectivity index (χ0v) is 12.2. The van der Waals surface area contributed by atoms with E-state index in [2.05, 4.69) is 35.4 Å². The van der Waals surface area contributed by atoms with Crippen molar-refractivity contribution < 1.29 is 0 Å². The molecule has 6 heteroatoms. The zero-order chi connectivity index (χ0) is 13.0. The summed E-state index contributed by atoms with van der Waals surface area (Å²) in [5.41, 5.74) is 7.94. The topological polar surface area (TPSA) is 60.0 Å². The summed E-state index contributed by atoms with van der Waals surface area (Å²) in [7, 11) is 0. The van der Waals surface area contributed by atoms with E-state index < -0.39 is 0 Å². The lowest BCUT2D eigenvalue weighted by Gasteiger charge is -2.45. The summed E-state index contributed by atoms with van der Waals surface area (Å²) < 4.78 is 3.09. The van der Waals surface area contributed by atoms with Gasteiger partial charge in [0.25, 0.3) is 0 Å². The van der Waals surface area contributed by atoms with Crippen LogP contribution in [-0.2, 0) is 0 Å². The molecule has 0 saturated carbocycles. The minimum absolute atomic E-state index is 0.432. The largest absolute Gasteiger partial charge is 0.369 e. The number of aromatic nitrogens is 3. The summed E-state index contributed by atoms with van der Waals surface area (Å²) in [6, 6.07) is 2.41. The Morgan fingerprint density at radius 3 is 2.79 bits per heavy atom. The fraction of sp³-hybridized carbons (Fsp3) is 0.538. The lowest BCUT2D eigenvalue weighted by molar-refractivity contribution is 0.0595. The second-order valence-corrected chi connectivity index (χ2v) is 6.46. The van der Waals surface area contributed by atoms with Crippen molar-refractivity contribution in [2.75, 3.05) is 25.4 Å². The highest BCUT2D eigenvalue weighted by Gasteiger charge is 2.36.